The monoisotopic (exact) mass is 309 g/mol. The van der Waals surface area contributed by atoms with Gasteiger partial charge in [0.1, 0.15) is 0 Å². The van der Waals surface area contributed by atoms with Crippen LogP contribution >= 0.6 is 0 Å². The van der Waals surface area contributed by atoms with Gasteiger partial charge in [-0.05, 0) is 43.9 Å². The van der Waals surface area contributed by atoms with Crippen molar-refractivity contribution in [2.75, 3.05) is 13.1 Å². The summed E-state index contributed by atoms with van der Waals surface area (Å²) >= 11 is 0. The first kappa shape index (κ1) is 21.2. The zero-order valence-electron chi connectivity index (χ0n) is 16.5. The number of allylic oxidation sites excluding steroid dienone is 2. The normalized spacial score (nSPS) is 13.4. The van der Waals surface area contributed by atoms with E-state index in [-0.39, 0.29) is 11.3 Å². The van der Waals surface area contributed by atoms with Gasteiger partial charge in [-0.1, -0.05) is 60.1 Å². The van der Waals surface area contributed by atoms with Crippen molar-refractivity contribution >= 4 is 5.91 Å². The third kappa shape index (κ3) is 8.00. The molecule has 0 bridgehead atoms. The van der Waals surface area contributed by atoms with E-state index in [4.69, 9.17) is 0 Å². The molecule has 0 fully saturated rings. The first-order valence-corrected chi connectivity index (χ1v) is 8.89. The molecule has 0 aliphatic heterocycles. The molecule has 2 nitrogen and oxygen atoms in total. The van der Waals surface area contributed by atoms with Gasteiger partial charge in [0, 0.05) is 19.0 Å². The molecule has 130 valence electrons. The topological polar surface area (TPSA) is 20.3 Å². The molecular formula is C20H39NO. The van der Waals surface area contributed by atoms with Crippen molar-refractivity contribution in [3.63, 3.8) is 0 Å². The van der Waals surface area contributed by atoms with Crippen LogP contribution in [0.2, 0.25) is 0 Å². The molecule has 0 aliphatic rings. The summed E-state index contributed by atoms with van der Waals surface area (Å²) in [7, 11) is 0. The summed E-state index contributed by atoms with van der Waals surface area (Å²) in [6.45, 7) is 21.4. The van der Waals surface area contributed by atoms with E-state index in [0.717, 1.165) is 19.5 Å². The van der Waals surface area contributed by atoms with Crippen LogP contribution in [0.5, 0.6) is 0 Å². The van der Waals surface area contributed by atoms with E-state index in [2.05, 4.69) is 59.4 Å². The molecule has 0 saturated heterocycles. The predicted octanol–water partition coefficient (Wildman–Crippen LogP) is 5.54. The summed E-state index contributed by atoms with van der Waals surface area (Å²) in [6, 6.07) is 0. The lowest BCUT2D eigenvalue weighted by Gasteiger charge is -2.37. The van der Waals surface area contributed by atoms with E-state index in [9.17, 15) is 4.79 Å². The molecule has 1 unspecified atom stereocenters. The Bertz CT molecular complexity index is 362. The highest BCUT2D eigenvalue weighted by Crippen LogP contribution is 2.33. The van der Waals surface area contributed by atoms with Crippen LogP contribution in [0.3, 0.4) is 0 Å². The second-order valence-corrected chi connectivity index (χ2v) is 8.50. The molecule has 0 aromatic carbocycles. The number of hydrogen-bond donors (Lipinski definition) is 0. The van der Waals surface area contributed by atoms with Gasteiger partial charge in [-0.25, -0.2) is 0 Å². The molecule has 1 atom stereocenters. The second-order valence-electron chi connectivity index (χ2n) is 8.50. The van der Waals surface area contributed by atoms with Gasteiger partial charge in [-0.15, -0.1) is 0 Å². The Hall–Kier alpha value is -0.790. The van der Waals surface area contributed by atoms with E-state index in [0.29, 0.717) is 17.7 Å². The number of carbonyl (C=O) groups is 1. The number of carbonyl (C=O) groups excluding carboxylic acids is 1. The van der Waals surface area contributed by atoms with Gasteiger partial charge in [-0.3, -0.25) is 4.79 Å². The van der Waals surface area contributed by atoms with Gasteiger partial charge in [0.2, 0.25) is 5.91 Å². The van der Waals surface area contributed by atoms with E-state index in [1.807, 2.05) is 13.8 Å². The highest BCUT2D eigenvalue weighted by molar-refractivity contribution is 5.78. The Morgan fingerprint density at radius 2 is 1.59 bits per heavy atom. The van der Waals surface area contributed by atoms with Crippen molar-refractivity contribution in [1.29, 1.82) is 0 Å². The summed E-state index contributed by atoms with van der Waals surface area (Å²) in [6.07, 6.45) is 4.62. The van der Waals surface area contributed by atoms with Gasteiger partial charge in [0.15, 0.2) is 0 Å². The van der Waals surface area contributed by atoms with Crippen LogP contribution in [-0.2, 0) is 4.79 Å². The summed E-state index contributed by atoms with van der Waals surface area (Å²) in [4.78, 5) is 14.5. The minimum atomic E-state index is 0.0831. The van der Waals surface area contributed by atoms with Gasteiger partial charge in [-0.2, -0.15) is 0 Å². The molecule has 0 heterocycles. The summed E-state index contributed by atoms with van der Waals surface area (Å²) < 4.78 is 0. The average molecular weight is 310 g/mol. The Labute approximate surface area is 139 Å². The molecule has 0 N–H and O–H groups in total. The van der Waals surface area contributed by atoms with Crippen LogP contribution in [0, 0.1) is 23.2 Å². The average Bonchev–Trinajstić information content (AvgIpc) is 2.35. The molecule has 0 saturated carbocycles. The van der Waals surface area contributed by atoms with Crippen molar-refractivity contribution in [1.82, 2.24) is 4.90 Å². The number of hydrogen-bond acceptors (Lipinski definition) is 1. The van der Waals surface area contributed by atoms with Crippen LogP contribution in [0.25, 0.3) is 0 Å². The van der Waals surface area contributed by atoms with Gasteiger partial charge in [0.05, 0.1) is 0 Å². The maximum Gasteiger partial charge on any atom is 0.225 e. The minimum Gasteiger partial charge on any atom is -0.342 e. The van der Waals surface area contributed by atoms with Crippen molar-refractivity contribution in [2.45, 2.75) is 75.2 Å². The third-order valence-electron chi connectivity index (χ3n) is 4.56. The maximum atomic E-state index is 12.5. The largest absolute Gasteiger partial charge is 0.342 e. The summed E-state index contributed by atoms with van der Waals surface area (Å²) in [5.74, 6) is 1.39. The Kier molecular flexibility index (Phi) is 9.04. The van der Waals surface area contributed by atoms with Crippen LogP contribution in [0.1, 0.15) is 75.2 Å². The zero-order valence-corrected chi connectivity index (χ0v) is 16.5. The van der Waals surface area contributed by atoms with Crippen LogP contribution < -0.4 is 0 Å². The second kappa shape index (κ2) is 9.37. The van der Waals surface area contributed by atoms with E-state index < -0.39 is 0 Å². The van der Waals surface area contributed by atoms with Gasteiger partial charge < -0.3 is 4.90 Å². The quantitative estimate of drug-likeness (QED) is 0.512. The lowest BCUT2D eigenvalue weighted by Crippen LogP contribution is -2.42. The molecule has 0 spiro atoms. The molecule has 22 heavy (non-hydrogen) atoms. The van der Waals surface area contributed by atoms with Crippen molar-refractivity contribution in [2.24, 2.45) is 23.2 Å². The molecule has 0 rings (SSSR count). The minimum absolute atomic E-state index is 0.0831. The highest BCUT2D eigenvalue weighted by atomic mass is 16.2. The van der Waals surface area contributed by atoms with Crippen molar-refractivity contribution in [3.05, 3.63) is 11.6 Å². The summed E-state index contributed by atoms with van der Waals surface area (Å²) in [5.41, 5.74) is 1.64. The van der Waals surface area contributed by atoms with Crippen LogP contribution in [0.15, 0.2) is 11.6 Å². The standard InChI is InChI=1S/C20H39NO/c1-15(2)11-10-12-20(8,9)18(7)14-21(13-16(3)4)19(22)17(5)6/h11,16-18H,10,12-14H2,1-9H3. The number of rotatable bonds is 9. The maximum absolute atomic E-state index is 12.5. The Morgan fingerprint density at radius 1 is 1.05 bits per heavy atom. The lowest BCUT2D eigenvalue weighted by molar-refractivity contribution is -0.136. The van der Waals surface area contributed by atoms with E-state index in [1.54, 1.807) is 0 Å². The van der Waals surface area contributed by atoms with Gasteiger partial charge >= 0.3 is 0 Å². The summed E-state index contributed by atoms with van der Waals surface area (Å²) in [5, 5.41) is 0. The van der Waals surface area contributed by atoms with Gasteiger partial charge in [0.25, 0.3) is 0 Å². The molecule has 0 aromatic heterocycles. The Balaban J connectivity index is 4.81. The smallest absolute Gasteiger partial charge is 0.225 e. The fourth-order valence-electron chi connectivity index (χ4n) is 2.62. The molecule has 1 amide bonds. The highest BCUT2D eigenvalue weighted by Gasteiger charge is 2.29. The first-order valence-electron chi connectivity index (χ1n) is 8.89. The molecule has 2 heteroatoms. The predicted molar refractivity (Wildman–Crippen MR) is 97.9 cm³/mol. The molecule has 0 aromatic rings. The molecular weight excluding hydrogens is 270 g/mol. The molecule has 0 radical (unpaired) electrons. The number of nitrogens with zero attached hydrogens (tertiary/aromatic N) is 1. The van der Waals surface area contributed by atoms with Crippen LogP contribution in [-0.4, -0.2) is 23.9 Å². The first-order chi connectivity index (χ1) is 9.97. The number of amides is 1. The van der Waals surface area contributed by atoms with E-state index in [1.165, 1.54) is 12.0 Å². The van der Waals surface area contributed by atoms with E-state index >= 15 is 0 Å². The molecule has 0 aliphatic carbocycles. The van der Waals surface area contributed by atoms with Crippen molar-refractivity contribution < 1.29 is 4.79 Å². The SMILES string of the molecule is CC(C)=CCCC(C)(C)C(C)CN(CC(C)C)C(=O)C(C)C. The van der Waals surface area contributed by atoms with Crippen LogP contribution in [0.4, 0.5) is 0 Å². The fourth-order valence-corrected chi connectivity index (χ4v) is 2.62. The fraction of sp³-hybridized carbons (Fsp3) is 0.850. The Morgan fingerprint density at radius 3 is 2.00 bits per heavy atom. The zero-order chi connectivity index (χ0) is 17.5. The lowest BCUT2D eigenvalue weighted by atomic mass is 9.76. The third-order valence-corrected chi connectivity index (χ3v) is 4.56. The van der Waals surface area contributed by atoms with Crippen molar-refractivity contribution in [3.8, 4) is 0 Å².